The molecule has 0 radical (unpaired) electrons. The maximum atomic E-state index is 8.66. The zero-order valence-electron chi connectivity index (χ0n) is 11.0. The summed E-state index contributed by atoms with van der Waals surface area (Å²) in [6, 6.07) is 7.94. The van der Waals surface area contributed by atoms with Crippen molar-refractivity contribution in [2.45, 2.75) is 25.2 Å². The first-order valence-corrected chi connectivity index (χ1v) is 6.97. The van der Waals surface area contributed by atoms with E-state index in [2.05, 4.69) is 5.16 Å². The Balaban J connectivity index is 2.46. The molecule has 0 saturated heterocycles. The summed E-state index contributed by atoms with van der Waals surface area (Å²) in [6.45, 7) is 4.37. The van der Waals surface area contributed by atoms with Crippen molar-refractivity contribution < 1.29 is 9.94 Å². The molecule has 0 fully saturated rings. The fourth-order valence-corrected chi connectivity index (χ4v) is 1.77. The molecule has 0 saturated carbocycles. The number of hydrogen-bond acceptors (Lipinski definition) is 4. The molecule has 1 rings (SSSR count). The minimum absolute atomic E-state index is 0.226. The number of ether oxygens (including phenoxy) is 1. The molecule has 100 valence electrons. The Labute approximate surface area is 112 Å². The van der Waals surface area contributed by atoms with E-state index in [1.807, 2.05) is 44.4 Å². The van der Waals surface area contributed by atoms with Crippen LogP contribution in [0.2, 0.25) is 0 Å². The number of rotatable bonds is 6. The van der Waals surface area contributed by atoms with E-state index in [1.165, 1.54) is 4.90 Å². The second-order valence-electron chi connectivity index (χ2n) is 4.64. The first-order valence-electron chi connectivity index (χ1n) is 5.74. The first kappa shape index (κ1) is 14.7. The summed E-state index contributed by atoms with van der Waals surface area (Å²) in [4.78, 5) is 1.21. The van der Waals surface area contributed by atoms with Gasteiger partial charge in [0.25, 0.3) is 0 Å². The molecule has 0 aliphatic heterocycles. The lowest BCUT2D eigenvalue weighted by Crippen LogP contribution is -2.33. The minimum Gasteiger partial charge on any atom is -0.494 e. The Hall–Kier alpha value is -1.36. The largest absolute Gasteiger partial charge is 0.494 e. The van der Waals surface area contributed by atoms with Crippen molar-refractivity contribution in [3.63, 3.8) is 0 Å². The summed E-state index contributed by atoms with van der Waals surface area (Å²) >= 11 is 1.70. The second kappa shape index (κ2) is 6.54. The molecule has 1 aromatic carbocycles. The first-order chi connectivity index (χ1) is 8.49. The topological polar surface area (TPSA) is 67.8 Å². The molecule has 0 heterocycles. The molecule has 0 atom stereocenters. The summed E-state index contributed by atoms with van der Waals surface area (Å²) in [5, 5.41) is 11.7. The molecule has 0 unspecified atom stereocenters. The van der Waals surface area contributed by atoms with Crippen molar-refractivity contribution >= 4 is 17.6 Å². The van der Waals surface area contributed by atoms with Crippen LogP contribution < -0.4 is 10.5 Å². The van der Waals surface area contributed by atoms with Crippen LogP contribution in [0.1, 0.15) is 20.3 Å². The highest BCUT2D eigenvalue weighted by Gasteiger charge is 2.23. The number of nitrogens with zero attached hydrogens (tertiary/aromatic N) is 1. The maximum absolute atomic E-state index is 8.66. The molecule has 18 heavy (non-hydrogen) atoms. The minimum atomic E-state index is -0.367. The third kappa shape index (κ3) is 4.14. The fraction of sp³-hybridized carbons (Fsp3) is 0.462. The average molecular weight is 268 g/mol. The predicted octanol–water partition coefficient (Wildman–Crippen LogP) is 2.95. The van der Waals surface area contributed by atoms with E-state index in [4.69, 9.17) is 15.7 Å². The van der Waals surface area contributed by atoms with Gasteiger partial charge in [-0.3, -0.25) is 0 Å². The van der Waals surface area contributed by atoms with Crippen LogP contribution in [0.4, 0.5) is 0 Å². The zero-order chi connectivity index (χ0) is 13.6. The number of oxime groups is 1. The van der Waals surface area contributed by atoms with Crippen LogP contribution in [-0.2, 0) is 0 Å². The van der Waals surface area contributed by atoms with Crippen molar-refractivity contribution in [2.24, 2.45) is 16.3 Å². The van der Waals surface area contributed by atoms with Gasteiger partial charge in [0.1, 0.15) is 11.6 Å². The Morgan fingerprint density at radius 1 is 1.39 bits per heavy atom. The van der Waals surface area contributed by atoms with Crippen LogP contribution >= 0.6 is 11.8 Å². The van der Waals surface area contributed by atoms with E-state index in [-0.39, 0.29) is 11.3 Å². The van der Waals surface area contributed by atoms with Crippen LogP contribution in [0.3, 0.4) is 0 Å². The van der Waals surface area contributed by atoms with E-state index in [0.29, 0.717) is 13.0 Å². The van der Waals surface area contributed by atoms with Crippen molar-refractivity contribution in [3.05, 3.63) is 24.3 Å². The van der Waals surface area contributed by atoms with Gasteiger partial charge in [-0.25, -0.2) is 0 Å². The smallest absolute Gasteiger partial charge is 0.144 e. The quantitative estimate of drug-likeness (QED) is 0.274. The van der Waals surface area contributed by atoms with Gasteiger partial charge in [-0.1, -0.05) is 19.0 Å². The van der Waals surface area contributed by atoms with Gasteiger partial charge in [0.15, 0.2) is 0 Å². The summed E-state index contributed by atoms with van der Waals surface area (Å²) in [7, 11) is 0. The van der Waals surface area contributed by atoms with Crippen LogP contribution in [-0.4, -0.2) is 23.9 Å². The number of amidine groups is 1. The average Bonchev–Trinajstić information content (AvgIpc) is 2.38. The molecule has 0 spiro atoms. The van der Waals surface area contributed by atoms with E-state index in [1.54, 1.807) is 11.8 Å². The van der Waals surface area contributed by atoms with Gasteiger partial charge in [0.05, 0.1) is 6.61 Å². The van der Waals surface area contributed by atoms with E-state index < -0.39 is 0 Å². The molecule has 0 aromatic heterocycles. The van der Waals surface area contributed by atoms with Gasteiger partial charge in [0, 0.05) is 10.3 Å². The van der Waals surface area contributed by atoms with Gasteiger partial charge >= 0.3 is 0 Å². The lowest BCUT2D eigenvalue weighted by atomic mass is 9.88. The van der Waals surface area contributed by atoms with Crippen LogP contribution in [0.15, 0.2) is 34.3 Å². The molecule has 0 bridgehead atoms. The monoisotopic (exact) mass is 268 g/mol. The van der Waals surface area contributed by atoms with Gasteiger partial charge in [0.2, 0.25) is 0 Å². The molecular formula is C13H20N2O2S. The Morgan fingerprint density at radius 2 is 2.00 bits per heavy atom. The summed E-state index contributed by atoms with van der Waals surface area (Å²) in [6.07, 6.45) is 2.72. The summed E-state index contributed by atoms with van der Waals surface area (Å²) in [5.41, 5.74) is 5.24. The van der Waals surface area contributed by atoms with Crippen molar-refractivity contribution in [1.29, 1.82) is 0 Å². The van der Waals surface area contributed by atoms with Crippen molar-refractivity contribution in [3.8, 4) is 5.75 Å². The number of benzene rings is 1. The molecule has 3 N–H and O–H groups in total. The Bertz CT molecular complexity index is 402. The SMILES string of the molecule is CSc1ccc(OCCC(C)(C)C(N)=NO)cc1. The standard InChI is InChI=1S/C13H20N2O2S/c1-13(2,12(14)15-16)8-9-17-10-4-6-11(18-3)7-5-10/h4-7,16H,8-9H2,1-3H3,(H2,14,15). The third-order valence-electron chi connectivity index (χ3n) is 2.86. The molecule has 0 amide bonds. The molecule has 0 aliphatic carbocycles. The highest BCUT2D eigenvalue weighted by atomic mass is 32.2. The van der Waals surface area contributed by atoms with Gasteiger partial charge in [-0.15, -0.1) is 11.8 Å². The number of thioether (sulfide) groups is 1. The Kier molecular flexibility index (Phi) is 5.34. The summed E-state index contributed by atoms with van der Waals surface area (Å²) < 4.78 is 5.63. The highest BCUT2D eigenvalue weighted by molar-refractivity contribution is 7.98. The van der Waals surface area contributed by atoms with E-state index in [0.717, 1.165) is 5.75 Å². The summed E-state index contributed by atoms with van der Waals surface area (Å²) in [5.74, 6) is 1.06. The normalized spacial score (nSPS) is 12.5. The predicted molar refractivity (Wildman–Crippen MR) is 75.5 cm³/mol. The van der Waals surface area contributed by atoms with Crippen LogP contribution in [0, 0.1) is 5.41 Å². The number of hydrogen-bond donors (Lipinski definition) is 2. The van der Waals surface area contributed by atoms with E-state index in [9.17, 15) is 0 Å². The zero-order valence-corrected chi connectivity index (χ0v) is 11.8. The lowest BCUT2D eigenvalue weighted by Gasteiger charge is -2.22. The van der Waals surface area contributed by atoms with Gasteiger partial charge in [-0.2, -0.15) is 0 Å². The highest BCUT2D eigenvalue weighted by Crippen LogP contribution is 2.22. The molecule has 5 heteroatoms. The number of nitrogens with two attached hydrogens (primary N) is 1. The fourth-order valence-electron chi connectivity index (χ4n) is 1.36. The second-order valence-corrected chi connectivity index (χ2v) is 5.52. The van der Waals surface area contributed by atoms with E-state index >= 15 is 0 Å². The molecular weight excluding hydrogens is 248 g/mol. The molecule has 0 aliphatic rings. The van der Waals surface area contributed by atoms with Crippen molar-refractivity contribution in [1.82, 2.24) is 0 Å². The maximum Gasteiger partial charge on any atom is 0.144 e. The third-order valence-corrected chi connectivity index (χ3v) is 3.60. The Morgan fingerprint density at radius 3 is 2.50 bits per heavy atom. The lowest BCUT2D eigenvalue weighted by molar-refractivity contribution is 0.259. The molecule has 4 nitrogen and oxygen atoms in total. The molecule has 1 aromatic rings. The van der Waals surface area contributed by atoms with Crippen LogP contribution in [0.25, 0.3) is 0 Å². The van der Waals surface area contributed by atoms with Gasteiger partial charge in [-0.05, 0) is 36.9 Å². The van der Waals surface area contributed by atoms with Gasteiger partial charge < -0.3 is 15.7 Å². The van der Waals surface area contributed by atoms with Crippen LogP contribution in [0.5, 0.6) is 5.75 Å². The van der Waals surface area contributed by atoms with Crippen molar-refractivity contribution in [2.75, 3.05) is 12.9 Å².